The fraction of sp³-hybridized carbons (Fsp3) is 0.118. The second-order valence-electron chi connectivity index (χ2n) is 4.96. The highest BCUT2D eigenvalue weighted by Gasteiger charge is 2.36. The number of amides is 1. The summed E-state index contributed by atoms with van der Waals surface area (Å²) in [6.45, 7) is 2.10. The molecule has 1 amide bonds. The predicted octanol–water partition coefficient (Wildman–Crippen LogP) is 2.60. The second-order valence-corrected chi connectivity index (χ2v) is 4.96. The van der Waals surface area contributed by atoms with Crippen molar-refractivity contribution >= 4 is 17.4 Å². The molecular formula is C17H12N2O2. The van der Waals surface area contributed by atoms with Crippen LogP contribution in [0.25, 0.3) is 0 Å². The van der Waals surface area contributed by atoms with Gasteiger partial charge in [-0.3, -0.25) is 9.59 Å². The van der Waals surface area contributed by atoms with Crippen LogP contribution < -0.4 is 4.90 Å². The first-order chi connectivity index (χ1) is 10.1. The molecule has 0 aromatic heterocycles. The van der Waals surface area contributed by atoms with Gasteiger partial charge in [0.15, 0.2) is 0 Å². The Kier molecular flexibility index (Phi) is 3.03. The van der Waals surface area contributed by atoms with Crippen LogP contribution in [-0.4, -0.2) is 11.7 Å². The van der Waals surface area contributed by atoms with Gasteiger partial charge in [-0.05, 0) is 30.2 Å². The Morgan fingerprint density at radius 2 is 1.86 bits per heavy atom. The van der Waals surface area contributed by atoms with Gasteiger partial charge in [-0.1, -0.05) is 30.3 Å². The molecule has 21 heavy (non-hydrogen) atoms. The molecule has 4 nitrogen and oxygen atoms in total. The summed E-state index contributed by atoms with van der Waals surface area (Å²) < 4.78 is 0. The van der Waals surface area contributed by atoms with Gasteiger partial charge < -0.3 is 4.90 Å². The van der Waals surface area contributed by atoms with Gasteiger partial charge in [-0.2, -0.15) is 5.26 Å². The van der Waals surface area contributed by atoms with E-state index in [1.807, 2.05) is 19.1 Å². The Labute approximate surface area is 122 Å². The molecule has 4 heteroatoms. The van der Waals surface area contributed by atoms with E-state index in [1.165, 1.54) is 4.90 Å². The minimum atomic E-state index is -0.535. The van der Waals surface area contributed by atoms with Crippen LogP contribution in [0.4, 0.5) is 5.69 Å². The lowest BCUT2D eigenvalue weighted by atomic mass is 10.1. The molecule has 3 rings (SSSR count). The molecule has 0 fully saturated rings. The average molecular weight is 276 g/mol. The number of carbonyl (C=O) groups is 2. The standard InChI is InChI=1S/C17H12N2O2/c1-11-5-4-8-14-15(11)19(17(21)16(14)20)10-13-7-3-2-6-12(13)9-18/h2-8H,10H2,1H3. The maximum atomic E-state index is 12.2. The number of nitriles is 1. The first kappa shape index (κ1) is 13.1. The Bertz CT molecular complexity index is 803. The van der Waals surface area contributed by atoms with Gasteiger partial charge in [-0.25, -0.2) is 0 Å². The quantitative estimate of drug-likeness (QED) is 0.792. The van der Waals surface area contributed by atoms with Crippen LogP contribution in [0.3, 0.4) is 0 Å². The molecule has 0 saturated carbocycles. The van der Waals surface area contributed by atoms with E-state index in [2.05, 4.69) is 6.07 Å². The Morgan fingerprint density at radius 3 is 2.62 bits per heavy atom. The van der Waals surface area contributed by atoms with Crippen LogP contribution in [0, 0.1) is 18.3 Å². The van der Waals surface area contributed by atoms with Crippen molar-refractivity contribution in [2.45, 2.75) is 13.5 Å². The third-order valence-corrected chi connectivity index (χ3v) is 3.66. The highest BCUT2D eigenvalue weighted by atomic mass is 16.2. The van der Waals surface area contributed by atoms with Crippen molar-refractivity contribution in [3.05, 3.63) is 64.7 Å². The molecule has 0 atom stereocenters. The van der Waals surface area contributed by atoms with E-state index in [4.69, 9.17) is 5.26 Å². The van der Waals surface area contributed by atoms with Crippen molar-refractivity contribution in [2.75, 3.05) is 4.90 Å². The van der Waals surface area contributed by atoms with Crippen molar-refractivity contribution in [1.82, 2.24) is 0 Å². The first-order valence-electron chi connectivity index (χ1n) is 6.57. The number of aryl methyl sites for hydroxylation is 1. The molecule has 0 unspecified atom stereocenters. The van der Waals surface area contributed by atoms with Crippen molar-refractivity contribution in [1.29, 1.82) is 5.26 Å². The number of hydrogen-bond donors (Lipinski definition) is 0. The maximum Gasteiger partial charge on any atom is 0.299 e. The average Bonchev–Trinajstić information content (AvgIpc) is 2.74. The van der Waals surface area contributed by atoms with E-state index in [-0.39, 0.29) is 6.54 Å². The zero-order chi connectivity index (χ0) is 15.0. The van der Waals surface area contributed by atoms with Gasteiger partial charge in [0.1, 0.15) is 0 Å². The van der Waals surface area contributed by atoms with Crippen molar-refractivity contribution < 1.29 is 9.59 Å². The molecule has 0 aliphatic carbocycles. The van der Waals surface area contributed by atoms with Crippen LogP contribution in [0.5, 0.6) is 0 Å². The van der Waals surface area contributed by atoms with E-state index < -0.39 is 11.7 Å². The Balaban J connectivity index is 2.07. The van der Waals surface area contributed by atoms with Gasteiger partial charge in [-0.15, -0.1) is 0 Å². The molecule has 0 radical (unpaired) electrons. The number of fused-ring (bicyclic) bond motifs is 1. The van der Waals surface area contributed by atoms with Crippen LogP contribution >= 0.6 is 0 Å². The summed E-state index contributed by atoms with van der Waals surface area (Å²) in [6.07, 6.45) is 0. The maximum absolute atomic E-state index is 12.2. The number of benzene rings is 2. The number of hydrogen-bond acceptors (Lipinski definition) is 3. The Morgan fingerprint density at radius 1 is 1.10 bits per heavy atom. The molecule has 1 heterocycles. The van der Waals surface area contributed by atoms with Gasteiger partial charge in [0, 0.05) is 0 Å². The number of rotatable bonds is 2. The fourth-order valence-electron chi connectivity index (χ4n) is 2.63. The smallest absolute Gasteiger partial charge is 0.299 e. The summed E-state index contributed by atoms with van der Waals surface area (Å²) in [5.41, 5.74) is 3.22. The molecule has 0 N–H and O–H groups in total. The van der Waals surface area contributed by atoms with E-state index in [1.54, 1.807) is 30.3 Å². The highest BCUT2D eigenvalue weighted by Crippen LogP contribution is 2.33. The van der Waals surface area contributed by atoms with E-state index in [0.29, 0.717) is 16.8 Å². The molecule has 0 bridgehead atoms. The molecule has 2 aromatic rings. The summed E-state index contributed by atoms with van der Waals surface area (Å²) in [5, 5.41) is 9.14. The SMILES string of the molecule is Cc1cccc2c1N(Cc1ccccc1C#N)C(=O)C2=O. The third-order valence-electron chi connectivity index (χ3n) is 3.66. The van der Waals surface area contributed by atoms with Crippen molar-refractivity contribution in [2.24, 2.45) is 0 Å². The lowest BCUT2D eigenvalue weighted by molar-refractivity contribution is -0.114. The van der Waals surface area contributed by atoms with Crippen LogP contribution in [0.1, 0.15) is 27.0 Å². The number of nitrogens with zero attached hydrogens (tertiary/aromatic N) is 2. The van der Waals surface area contributed by atoms with E-state index in [9.17, 15) is 9.59 Å². The van der Waals surface area contributed by atoms with Crippen LogP contribution in [0.15, 0.2) is 42.5 Å². The van der Waals surface area contributed by atoms with E-state index in [0.717, 1.165) is 11.1 Å². The summed E-state index contributed by atoms with van der Waals surface area (Å²) in [4.78, 5) is 25.7. The lowest BCUT2D eigenvalue weighted by Gasteiger charge is -2.19. The number of para-hydroxylation sites is 1. The molecular weight excluding hydrogens is 264 g/mol. The topological polar surface area (TPSA) is 61.2 Å². The highest BCUT2D eigenvalue weighted by molar-refractivity contribution is 6.52. The summed E-state index contributed by atoms with van der Waals surface area (Å²) in [7, 11) is 0. The van der Waals surface area contributed by atoms with Crippen LogP contribution in [-0.2, 0) is 11.3 Å². The monoisotopic (exact) mass is 276 g/mol. The lowest BCUT2D eigenvalue weighted by Crippen LogP contribution is -2.29. The van der Waals surface area contributed by atoms with Crippen molar-refractivity contribution in [3.8, 4) is 6.07 Å². The molecule has 1 aliphatic rings. The number of Topliss-reactive ketones (excluding diaryl/α,β-unsaturated/α-hetero) is 1. The zero-order valence-corrected chi connectivity index (χ0v) is 11.5. The summed E-state index contributed by atoms with van der Waals surface area (Å²) in [6, 6.07) is 14.5. The number of carbonyl (C=O) groups excluding carboxylic acids is 2. The van der Waals surface area contributed by atoms with Gasteiger partial charge in [0.25, 0.3) is 11.7 Å². The zero-order valence-electron chi connectivity index (χ0n) is 11.5. The number of ketones is 1. The van der Waals surface area contributed by atoms with Gasteiger partial charge >= 0.3 is 0 Å². The molecule has 0 spiro atoms. The molecule has 0 saturated heterocycles. The molecule has 2 aromatic carbocycles. The molecule has 1 aliphatic heterocycles. The molecule has 102 valence electrons. The Hall–Kier alpha value is -2.93. The van der Waals surface area contributed by atoms with Crippen LogP contribution in [0.2, 0.25) is 0 Å². The number of anilines is 1. The fourth-order valence-corrected chi connectivity index (χ4v) is 2.63. The second kappa shape index (κ2) is 4.88. The van der Waals surface area contributed by atoms with Crippen molar-refractivity contribution in [3.63, 3.8) is 0 Å². The normalized spacial score (nSPS) is 13.2. The first-order valence-corrected chi connectivity index (χ1v) is 6.57. The minimum absolute atomic E-state index is 0.228. The summed E-state index contributed by atoms with van der Waals surface area (Å²) in [5.74, 6) is -1.02. The van der Waals surface area contributed by atoms with Gasteiger partial charge in [0.2, 0.25) is 0 Å². The summed E-state index contributed by atoms with van der Waals surface area (Å²) >= 11 is 0. The third kappa shape index (κ3) is 2.00. The predicted molar refractivity (Wildman–Crippen MR) is 77.9 cm³/mol. The largest absolute Gasteiger partial charge is 0.300 e. The minimum Gasteiger partial charge on any atom is -0.300 e. The van der Waals surface area contributed by atoms with Gasteiger partial charge in [0.05, 0.1) is 29.4 Å². The van der Waals surface area contributed by atoms with E-state index >= 15 is 0 Å².